The molecule has 2 aromatic rings. The van der Waals surface area contributed by atoms with Gasteiger partial charge in [0.15, 0.2) is 0 Å². The van der Waals surface area contributed by atoms with Gasteiger partial charge in [-0.1, -0.05) is 23.7 Å². The van der Waals surface area contributed by atoms with Crippen molar-refractivity contribution in [1.82, 2.24) is 9.55 Å². The average molecular weight is 223 g/mol. The van der Waals surface area contributed by atoms with E-state index in [9.17, 15) is 5.11 Å². The Hall–Kier alpha value is -1.32. The first-order valence-electron chi connectivity index (χ1n) is 4.64. The number of aliphatic hydroxyl groups excluding tert-OH is 1. The number of rotatable bonds is 2. The zero-order valence-electron chi connectivity index (χ0n) is 8.26. The van der Waals surface area contributed by atoms with Crippen LogP contribution in [0.25, 0.3) is 11.3 Å². The fraction of sp³-hybridized carbons (Fsp3) is 0.182. The summed E-state index contributed by atoms with van der Waals surface area (Å²) in [7, 11) is 0. The van der Waals surface area contributed by atoms with Crippen LogP contribution in [0.15, 0.2) is 36.8 Å². The second-order valence-corrected chi connectivity index (χ2v) is 3.78. The van der Waals surface area contributed by atoms with Crippen molar-refractivity contribution in [3.8, 4) is 11.3 Å². The molecule has 0 bridgehead atoms. The summed E-state index contributed by atoms with van der Waals surface area (Å²) in [5, 5.41) is 10.0. The van der Waals surface area contributed by atoms with E-state index >= 15 is 0 Å². The standard InChI is InChI=1S/C11H11ClN2O/c1-8(15)14-6-11(13-7-14)9-3-2-4-10(12)5-9/h2-8,15H,1H3. The fourth-order valence-corrected chi connectivity index (χ4v) is 1.53. The van der Waals surface area contributed by atoms with Crippen molar-refractivity contribution in [2.24, 2.45) is 0 Å². The van der Waals surface area contributed by atoms with Crippen LogP contribution in [0, 0.1) is 0 Å². The summed E-state index contributed by atoms with van der Waals surface area (Å²) in [5.41, 5.74) is 1.75. The highest BCUT2D eigenvalue weighted by Gasteiger charge is 2.04. The molecular weight excluding hydrogens is 212 g/mol. The van der Waals surface area contributed by atoms with Crippen LogP contribution in [-0.2, 0) is 0 Å². The molecule has 0 amide bonds. The highest BCUT2D eigenvalue weighted by molar-refractivity contribution is 6.30. The Bertz CT molecular complexity index is 465. The van der Waals surface area contributed by atoms with Crippen LogP contribution in [0.5, 0.6) is 0 Å². The number of hydrogen-bond acceptors (Lipinski definition) is 2. The topological polar surface area (TPSA) is 38.0 Å². The van der Waals surface area contributed by atoms with E-state index in [1.807, 2.05) is 24.3 Å². The molecule has 1 heterocycles. The summed E-state index contributed by atoms with van der Waals surface area (Å²) in [5.74, 6) is 0. The van der Waals surface area contributed by atoms with E-state index in [1.54, 1.807) is 24.0 Å². The lowest BCUT2D eigenvalue weighted by atomic mass is 10.2. The molecule has 0 saturated heterocycles. The van der Waals surface area contributed by atoms with E-state index in [2.05, 4.69) is 4.98 Å². The van der Waals surface area contributed by atoms with Crippen LogP contribution < -0.4 is 0 Å². The lowest BCUT2D eigenvalue weighted by molar-refractivity contribution is 0.124. The average Bonchev–Trinajstić information content (AvgIpc) is 2.66. The van der Waals surface area contributed by atoms with Crippen LogP contribution in [0.4, 0.5) is 0 Å². The minimum Gasteiger partial charge on any atom is -0.374 e. The van der Waals surface area contributed by atoms with E-state index in [4.69, 9.17) is 11.6 Å². The minimum atomic E-state index is -0.564. The molecule has 78 valence electrons. The van der Waals surface area contributed by atoms with Gasteiger partial charge < -0.3 is 9.67 Å². The fourth-order valence-electron chi connectivity index (χ4n) is 1.34. The molecule has 0 radical (unpaired) electrons. The largest absolute Gasteiger partial charge is 0.374 e. The van der Waals surface area contributed by atoms with Gasteiger partial charge in [0.1, 0.15) is 6.23 Å². The molecule has 1 unspecified atom stereocenters. The Kier molecular flexibility index (Phi) is 2.75. The Labute approximate surface area is 93.0 Å². The third-order valence-electron chi connectivity index (χ3n) is 2.15. The molecule has 1 aromatic carbocycles. The van der Waals surface area contributed by atoms with Crippen LogP contribution >= 0.6 is 11.6 Å². The van der Waals surface area contributed by atoms with Gasteiger partial charge in [0.05, 0.1) is 12.0 Å². The summed E-state index contributed by atoms with van der Waals surface area (Å²) in [4.78, 5) is 4.19. The Morgan fingerprint density at radius 2 is 2.27 bits per heavy atom. The number of hydrogen-bond donors (Lipinski definition) is 1. The molecule has 1 N–H and O–H groups in total. The Morgan fingerprint density at radius 1 is 1.47 bits per heavy atom. The SMILES string of the molecule is CC(O)n1cnc(-c2cccc(Cl)c2)c1. The highest BCUT2D eigenvalue weighted by atomic mass is 35.5. The first-order valence-corrected chi connectivity index (χ1v) is 5.02. The van der Waals surface area contributed by atoms with E-state index < -0.39 is 6.23 Å². The van der Waals surface area contributed by atoms with Crippen molar-refractivity contribution in [1.29, 1.82) is 0 Å². The molecule has 0 fully saturated rings. The maximum Gasteiger partial charge on any atom is 0.128 e. The summed E-state index contributed by atoms with van der Waals surface area (Å²) in [6, 6.07) is 7.46. The molecular formula is C11H11ClN2O. The molecule has 2 rings (SSSR count). The third kappa shape index (κ3) is 2.19. The monoisotopic (exact) mass is 222 g/mol. The van der Waals surface area contributed by atoms with Gasteiger partial charge in [-0.25, -0.2) is 4.98 Å². The minimum absolute atomic E-state index is 0.564. The van der Waals surface area contributed by atoms with Gasteiger partial charge in [0, 0.05) is 16.8 Å². The zero-order valence-corrected chi connectivity index (χ0v) is 9.02. The summed E-state index contributed by atoms with van der Waals surface area (Å²) < 4.78 is 1.64. The van der Waals surface area contributed by atoms with Crippen molar-refractivity contribution in [3.63, 3.8) is 0 Å². The lowest BCUT2D eigenvalue weighted by Gasteiger charge is -2.02. The molecule has 1 atom stereocenters. The van der Waals surface area contributed by atoms with Crippen molar-refractivity contribution >= 4 is 11.6 Å². The maximum atomic E-state index is 9.34. The van der Waals surface area contributed by atoms with Crippen molar-refractivity contribution in [2.45, 2.75) is 13.2 Å². The molecule has 1 aromatic heterocycles. The first kappa shape index (κ1) is 10.2. The normalized spacial score (nSPS) is 12.7. The highest BCUT2D eigenvalue weighted by Crippen LogP contribution is 2.21. The Morgan fingerprint density at radius 3 is 2.87 bits per heavy atom. The van der Waals surface area contributed by atoms with Gasteiger partial charge in [-0.05, 0) is 19.1 Å². The van der Waals surface area contributed by atoms with Crippen molar-refractivity contribution in [3.05, 3.63) is 41.8 Å². The summed E-state index contributed by atoms with van der Waals surface area (Å²) in [6.45, 7) is 1.68. The van der Waals surface area contributed by atoms with E-state index in [1.165, 1.54) is 0 Å². The van der Waals surface area contributed by atoms with Crippen molar-refractivity contribution in [2.75, 3.05) is 0 Å². The van der Waals surface area contributed by atoms with Crippen LogP contribution in [0.3, 0.4) is 0 Å². The number of nitrogens with zero attached hydrogens (tertiary/aromatic N) is 2. The van der Waals surface area contributed by atoms with Crippen LogP contribution in [0.1, 0.15) is 13.2 Å². The lowest BCUT2D eigenvalue weighted by Crippen LogP contribution is -1.99. The van der Waals surface area contributed by atoms with Crippen LogP contribution in [0.2, 0.25) is 5.02 Å². The molecule has 3 nitrogen and oxygen atoms in total. The molecule has 0 aliphatic heterocycles. The molecule has 0 saturated carbocycles. The predicted octanol–water partition coefficient (Wildman–Crippen LogP) is 2.71. The second kappa shape index (κ2) is 4.04. The first-order chi connectivity index (χ1) is 7.16. The van der Waals surface area contributed by atoms with Gasteiger partial charge in [-0.15, -0.1) is 0 Å². The quantitative estimate of drug-likeness (QED) is 0.849. The van der Waals surface area contributed by atoms with Gasteiger partial charge in [0.25, 0.3) is 0 Å². The molecule has 0 aliphatic carbocycles. The molecule has 0 spiro atoms. The zero-order chi connectivity index (χ0) is 10.8. The van der Waals surface area contributed by atoms with Gasteiger partial charge in [0.2, 0.25) is 0 Å². The molecule has 15 heavy (non-hydrogen) atoms. The maximum absolute atomic E-state index is 9.34. The van der Waals surface area contributed by atoms with Gasteiger partial charge in [-0.3, -0.25) is 0 Å². The van der Waals surface area contributed by atoms with Crippen LogP contribution in [-0.4, -0.2) is 14.7 Å². The van der Waals surface area contributed by atoms with E-state index in [0.717, 1.165) is 11.3 Å². The van der Waals surface area contributed by atoms with Gasteiger partial charge in [-0.2, -0.15) is 0 Å². The summed E-state index contributed by atoms with van der Waals surface area (Å²) in [6.07, 6.45) is 2.82. The number of aromatic nitrogens is 2. The molecule has 4 heteroatoms. The number of imidazole rings is 1. The molecule has 0 aliphatic rings. The number of benzene rings is 1. The van der Waals surface area contributed by atoms with Crippen molar-refractivity contribution < 1.29 is 5.11 Å². The third-order valence-corrected chi connectivity index (χ3v) is 2.39. The second-order valence-electron chi connectivity index (χ2n) is 3.35. The smallest absolute Gasteiger partial charge is 0.128 e. The summed E-state index contributed by atoms with van der Waals surface area (Å²) >= 11 is 5.88. The van der Waals surface area contributed by atoms with E-state index in [-0.39, 0.29) is 0 Å². The number of halogens is 1. The number of aliphatic hydroxyl groups is 1. The predicted molar refractivity (Wildman–Crippen MR) is 59.6 cm³/mol. The Balaban J connectivity index is 2.37. The van der Waals surface area contributed by atoms with E-state index in [0.29, 0.717) is 5.02 Å². The van der Waals surface area contributed by atoms with Gasteiger partial charge >= 0.3 is 0 Å².